The second-order valence-electron chi connectivity index (χ2n) is 4.93. The van der Waals surface area contributed by atoms with Crippen molar-refractivity contribution in [2.45, 2.75) is 65.1 Å². The number of amides is 1. The number of carbonyl (C=O) groups is 1. The van der Waals surface area contributed by atoms with E-state index in [9.17, 15) is 4.79 Å². The first kappa shape index (κ1) is 15.4. The van der Waals surface area contributed by atoms with Crippen LogP contribution in [0.15, 0.2) is 0 Å². The maximum Gasteiger partial charge on any atom is 0.241 e. The molecule has 1 saturated heterocycles. The molecule has 0 aromatic heterocycles. The summed E-state index contributed by atoms with van der Waals surface area (Å²) in [6, 6.07) is 0.0237. The van der Waals surface area contributed by atoms with Gasteiger partial charge in [0.2, 0.25) is 5.91 Å². The maximum absolute atomic E-state index is 12.2. The fourth-order valence-electron chi connectivity index (χ4n) is 2.36. The zero-order valence-corrected chi connectivity index (χ0v) is 12.1. The SMILES string of the molecule is CCCCOCCN1C(=O)C(CCC)NC1CC. The van der Waals surface area contributed by atoms with Crippen molar-refractivity contribution in [2.24, 2.45) is 0 Å². The Morgan fingerprint density at radius 3 is 2.61 bits per heavy atom. The fourth-order valence-corrected chi connectivity index (χ4v) is 2.36. The van der Waals surface area contributed by atoms with Crippen molar-refractivity contribution in [1.29, 1.82) is 0 Å². The summed E-state index contributed by atoms with van der Waals surface area (Å²) in [7, 11) is 0. The lowest BCUT2D eigenvalue weighted by atomic mass is 10.2. The molecule has 1 aliphatic rings. The monoisotopic (exact) mass is 256 g/mol. The van der Waals surface area contributed by atoms with Crippen LogP contribution in [0.1, 0.15) is 52.9 Å². The predicted octanol–water partition coefficient (Wildman–Crippen LogP) is 2.14. The molecule has 4 nitrogen and oxygen atoms in total. The molecule has 0 aliphatic carbocycles. The summed E-state index contributed by atoms with van der Waals surface area (Å²) < 4.78 is 5.55. The largest absolute Gasteiger partial charge is 0.380 e. The van der Waals surface area contributed by atoms with Gasteiger partial charge in [-0.1, -0.05) is 33.6 Å². The Labute approximate surface area is 111 Å². The van der Waals surface area contributed by atoms with E-state index in [4.69, 9.17) is 4.74 Å². The normalized spacial score (nSPS) is 23.9. The first-order valence-electron chi connectivity index (χ1n) is 7.38. The molecule has 0 spiro atoms. The highest BCUT2D eigenvalue weighted by molar-refractivity contribution is 5.84. The summed E-state index contributed by atoms with van der Waals surface area (Å²) in [6.45, 7) is 8.56. The van der Waals surface area contributed by atoms with Crippen molar-refractivity contribution in [3.63, 3.8) is 0 Å². The van der Waals surface area contributed by atoms with Gasteiger partial charge in [0.1, 0.15) is 0 Å². The Bertz CT molecular complexity index is 246. The van der Waals surface area contributed by atoms with Gasteiger partial charge in [0.15, 0.2) is 0 Å². The molecule has 1 heterocycles. The predicted molar refractivity (Wildman–Crippen MR) is 73.4 cm³/mol. The van der Waals surface area contributed by atoms with Crippen molar-refractivity contribution in [3.8, 4) is 0 Å². The summed E-state index contributed by atoms with van der Waals surface area (Å²) in [5.41, 5.74) is 0. The van der Waals surface area contributed by atoms with Gasteiger partial charge in [-0.25, -0.2) is 0 Å². The Balaban J connectivity index is 2.34. The number of hydrogen-bond donors (Lipinski definition) is 1. The molecule has 1 aliphatic heterocycles. The second-order valence-corrected chi connectivity index (χ2v) is 4.93. The number of nitrogens with zero attached hydrogens (tertiary/aromatic N) is 1. The third-order valence-corrected chi connectivity index (χ3v) is 3.43. The van der Waals surface area contributed by atoms with Crippen LogP contribution in [0.4, 0.5) is 0 Å². The highest BCUT2D eigenvalue weighted by atomic mass is 16.5. The van der Waals surface area contributed by atoms with Crippen LogP contribution in [0, 0.1) is 0 Å². The molecular weight excluding hydrogens is 228 g/mol. The van der Waals surface area contributed by atoms with Gasteiger partial charge in [0.25, 0.3) is 0 Å². The highest BCUT2D eigenvalue weighted by Crippen LogP contribution is 2.16. The lowest BCUT2D eigenvalue weighted by molar-refractivity contribution is -0.130. The zero-order valence-electron chi connectivity index (χ0n) is 12.1. The minimum Gasteiger partial charge on any atom is -0.380 e. The Morgan fingerprint density at radius 2 is 2.00 bits per heavy atom. The topological polar surface area (TPSA) is 41.6 Å². The summed E-state index contributed by atoms with van der Waals surface area (Å²) in [5.74, 6) is 0.253. The maximum atomic E-state index is 12.2. The number of ether oxygens (including phenoxy) is 1. The van der Waals surface area contributed by atoms with Crippen LogP contribution in [-0.2, 0) is 9.53 Å². The van der Waals surface area contributed by atoms with Crippen molar-refractivity contribution in [1.82, 2.24) is 10.2 Å². The molecule has 1 fully saturated rings. The molecule has 0 saturated carbocycles. The van der Waals surface area contributed by atoms with Gasteiger partial charge in [0, 0.05) is 13.2 Å². The number of nitrogens with one attached hydrogen (secondary N) is 1. The van der Waals surface area contributed by atoms with Gasteiger partial charge in [0.05, 0.1) is 18.8 Å². The summed E-state index contributed by atoms with van der Waals surface area (Å²) in [6.07, 6.45) is 5.38. The van der Waals surface area contributed by atoms with Crippen LogP contribution in [0.25, 0.3) is 0 Å². The van der Waals surface area contributed by atoms with E-state index in [1.54, 1.807) is 0 Å². The van der Waals surface area contributed by atoms with Gasteiger partial charge in [-0.05, 0) is 19.3 Å². The third-order valence-electron chi connectivity index (χ3n) is 3.43. The Morgan fingerprint density at radius 1 is 1.22 bits per heavy atom. The van der Waals surface area contributed by atoms with Gasteiger partial charge in [-0.3, -0.25) is 10.1 Å². The van der Waals surface area contributed by atoms with E-state index in [1.165, 1.54) is 0 Å². The fraction of sp³-hybridized carbons (Fsp3) is 0.929. The van der Waals surface area contributed by atoms with Gasteiger partial charge < -0.3 is 9.64 Å². The third kappa shape index (κ3) is 4.25. The average Bonchev–Trinajstić information content (AvgIpc) is 2.67. The molecule has 18 heavy (non-hydrogen) atoms. The molecule has 1 amide bonds. The number of carbonyl (C=O) groups excluding carboxylic acids is 1. The van der Waals surface area contributed by atoms with Crippen LogP contribution < -0.4 is 5.32 Å². The summed E-state index contributed by atoms with van der Waals surface area (Å²) in [4.78, 5) is 14.1. The molecule has 106 valence electrons. The Kier molecular flexibility index (Phi) is 7.28. The smallest absolute Gasteiger partial charge is 0.241 e. The number of rotatable bonds is 9. The highest BCUT2D eigenvalue weighted by Gasteiger charge is 2.36. The summed E-state index contributed by atoms with van der Waals surface area (Å²) >= 11 is 0. The van der Waals surface area contributed by atoms with E-state index in [0.29, 0.717) is 13.2 Å². The quantitative estimate of drug-likeness (QED) is 0.643. The van der Waals surface area contributed by atoms with Crippen molar-refractivity contribution >= 4 is 5.91 Å². The van der Waals surface area contributed by atoms with E-state index in [0.717, 1.165) is 38.7 Å². The van der Waals surface area contributed by atoms with E-state index < -0.39 is 0 Å². The van der Waals surface area contributed by atoms with Crippen LogP contribution in [0.5, 0.6) is 0 Å². The molecule has 0 aromatic carbocycles. The number of hydrogen-bond acceptors (Lipinski definition) is 3. The minimum absolute atomic E-state index is 0.0237. The lowest BCUT2D eigenvalue weighted by Crippen LogP contribution is -2.39. The molecule has 1 rings (SSSR count). The first-order valence-corrected chi connectivity index (χ1v) is 7.38. The Hall–Kier alpha value is -0.610. The van der Waals surface area contributed by atoms with E-state index in [1.807, 2.05) is 4.90 Å². The lowest BCUT2D eigenvalue weighted by Gasteiger charge is -2.22. The van der Waals surface area contributed by atoms with Gasteiger partial charge >= 0.3 is 0 Å². The molecule has 0 bridgehead atoms. The number of unbranched alkanes of at least 4 members (excludes halogenated alkanes) is 1. The molecule has 0 aromatic rings. The van der Waals surface area contributed by atoms with Crippen LogP contribution in [0.2, 0.25) is 0 Å². The first-order chi connectivity index (χ1) is 8.74. The van der Waals surface area contributed by atoms with Crippen molar-refractivity contribution in [3.05, 3.63) is 0 Å². The zero-order chi connectivity index (χ0) is 13.4. The minimum atomic E-state index is 0.0237. The van der Waals surface area contributed by atoms with Gasteiger partial charge in [-0.2, -0.15) is 0 Å². The van der Waals surface area contributed by atoms with E-state index in [2.05, 4.69) is 26.1 Å². The van der Waals surface area contributed by atoms with Crippen LogP contribution in [0.3, 0.4) is 0 Å². The van der Waals surface area contributed by atoms with Gasteiger partial charge in [-0.15, -0.1) is 0 Å². The molecule has 2 unspecified atom stereocenters. The molecule has 0 radical (unpaired) electrons. The van der Waals surface area contributed by atoms with Crippen LogP contribution in [-0.4, -0.2) is 42.8 Å². The standard InChI is InChI=1S/C14H28N2O2/c1-4-7-10-18-11-9-16-13(6-3)15-12(8-5-2)14(16)17/h12-13,15H,4-11H2,1-3H3. The molecule has 1 N–H and O–H groups in total. The molecule has 2 atom stereocenters. The van der Waals surface area contributed by atoms with Crippen molar-refractivity contribution < 1.29 is 9.53 Å². The van der Waals surface area contributed by atoms with E-state index in [-0.39, 0.29) is 18.1 Å². The molecular formula is C14H28N2O2. The van der Waals surface area contributed by atoms with Crippen LogP contribution >= 0.6 is 0 Å². The molecule has 4 heteroatoms. The summed E-state index contributed by atoms with van der Waals surface area (Å²) in [5, 5.41) is 3.41. The van der Waals surface area contributed by atoms with E-state index >= 15 is 0 Å². The average molecular weight is 256 g/mol. The van der Waals surface area contributed by atoms with Crippen molar-refractivity contribution in [2.75, 3.05) is 19.8 Å². The second kappa shape index (κ2) is 8.48.